The standard InChI is InChI=1S/C20H27N5O/c26-20-9-16-5-1-2-6-18(16)22-25(20)13-15-11-23(12-15)14-17-10-21-19-7-3-4-8-24(17)19/h9-10,15H,1-8,11-14H2. The summed E-state index contributed by atoms with van der Waals surface area (Å²) in [4.78, 5) is 19.4. The van der Waals surface area contributed by atoms with Gasteiger partial charge in [0.1, 0.15) is 5.82 Å². The van der Waals surface area contributed by atoms with Crippen LogP contribution in [0.25, 0.3) is 0 Å². The maximum atomic E-state index is 12.3. The molecular formula is C20H27N5O. The Morgan fingerprint density at radius 3 is 2.85 bits per heavy atom. The quantitative estimate of drug-likeness (QED) is 0.841. The highest BCUT2D eigenvalue weighted by Gasteiger charge is 2.29. The number of hydrogen-bond acceptors (Lipinski definition) is 4. The molecule has 0 N–H and O–H groups in total. The highest BCUT2D eigenvalue weighted by Crippen LogP contribution is 2.23. The second kappa shape index (κ2) is 6.65. The maximum Gasteiger partial charge on any atom is 0.267 e. The molecule has 0 bridgehead atoms. The summed E-state index contributed by atoms with van der Waals surface area (Å²) in [5.41, 5.74) is 3.76. The van der Waals surface area contributed by atoms with Crippen LogP contribution in [-0.2, 0) is 38.9 Å². The molecule has 1 fully saturated rings. The first-order valence-corrected chi connectivity index (χ1v) is 10.1. The van der Waals surface area contributed by atoms with Crippen molar-refractivity contribution in [1.29, 1.82) is 0 Å². The fraction of sp³-hybridized carbons (Fsp3) is 0.650. The molecule has 0 unspecified atom stereocenters. The van der Waals surface area contributed by atoms with Crippen LogP contribution in [0.15, 0.2) is 17.1 Å². The summed E-state index contributed by atoms with van der Waals surface area (Å²) >= 11 is 0. The smallest absolute Gasteiger partial charge is 0.267 e. The molecule has 5 rings (SSSR count). The molecule has 2 aliphatic heterocycles. The van der Waals surface area contributed by atoms with Crippen molar-refractivity contribution in [2.24, 2.45) is 5.92 Å². The average Bonchev–Trinajstić information content (AvgIpc) is 3.03. The van der Waals surface area contributed by atoms with E-state index in [-0.39, 0.29) is 5.56 Å². The molecule has 0 amide bonds. The first kappa shape index (κ1) is 16.2. The lowest BCUT2D eigenvalue weighted by Crippen LogP contribution is -2.49. The van der Waals surface area contributed by atoms with Crippen LogP contribution in [0.2, 0.25) is 0 Å². The van der Waals surface area contributed by atoms with Gasteiger partial charge in [-0.15, -0.1) is 0 Å². The number of hydrogen-bond donors (Lipinski definition) is 0. The van der Waals surface area contributed by atoms with Crippen LogP contribution in [0.1, 0.15) is 48.5 Å². The van der Waals surface area contributed by atoms with Gasteiger partial charge in [0.25, 0.3) is 5.56 Å². The van der Waals surface area contributed by atoms with Crippen molar-refractivity contribution < 1.29 is 0 Å². The molecule has 0 radical (unpaired) electrons. The van der Waals surface area contributed by atoms with Crippen molar-refractivity contribution in [1.82, 2.24) is 24.2 Å². The van der Waals surface area contributed by atoms with Crippen molar-refractivity contribution in [2.75, 3.05) is 13.1 Å². The molecule has 4 heterocycles. The zero-order chi connectivity index (χ0) is 17.5. The highest BCUT2D eigenvalue weighted by molar-refractivity contribution is 5.20. The van der Waals surface area contributed by atoms with Gasteiger partial charge < -0.3 is 4.57 Å². The van der Waals surface area contributed by atoms with Gasteiger partial charge in [-0.2, -0.15) is 5.10 Å². The Balaban J connectivity index is 1.20. The molecule has 1 saturated heterocycles. The van der Waals surface area contributed by atoms with E-state index >= 15 is 0 Å². The maximum absolute atomic E-state index is 12.3. The number of aromatic nitrogens is 4. The second-order valence-electron chi connectivity index (χ2n) is 8.18. The summed E-state index contributed by atoms with van der Waals surface area (Å²) in [6.45, 7) is 4.96. The summed E-state index contributed by atoms with van der Waals surface area (Å²) in [6, 6.07) is 1.83. The van der Waals surface area contributed by atoms with Gasteiger partial charge in [-0.05, 0) is 44.1 Å². The minimum Gasteiger partial charge on any atom is -0.331 e. The van der Waals surface area contributed by atoms with E-state index in [1.807, 2.05) is 6.07 Å². The van der Waals surface area contributed by atoms with Crippen LogP contribution < -0.4 is 5.56 Å². The van der Waals surface area contributed by atoms with Crippen molar-refractivity contribution in [3.8, 4) is 0 Å². The SMILES string of the molecule is O=c1cc2c(nn1CC1CN(Cc3cnc4n3CCCC4)C1)CCCC2. The van der Waals surface area contributed by atoms with E-state index in [1.54, 1.807) is 4.68 Å². The molecule has 0 saturated carbocycles. The van der Waals surface area contributed by atoms with E-state index in [1.165, 1.54) is 42.8 Å². The summed E-state index contributed by atoms with van der Waals surface area (Å²) < 4.78 is 4.12. The molecule has 3 aliphatic rings. The second-order valence-corrected chi connectivity index (χ2v) is 8.18. The lowest BCUT2D eigenvalue weighted by molar-refractivity contribution is 0.0738. The highest BCUT2D eigenvalue weighted by atomic mass is 16.1. The number of aryl methyl sites for hydroxylation is 3. The molecule has 26 heavy (non-hydrogen) atoms. The minimum atomic E-state index is 0.0777. The fourth-order valence-corrected chi connectivity index (χ4v) is 4.73. The predicted molar refractivity (Wildman–Crippen MR) is 99.1 cm³/mol. The third-order valence-corrected chi connectivity index (χ3v) is 6.18. The fourth-order valence-electron chi connectivity index (χ4n) is 4.73. The molecule has 0 aromatic carbocycles. The van der Waals surface area contributed by atoms with Gasteiger partial charge in [0.2, 0.25) is 0 Å². The minimum absolute atomic E-state index is 0.0777. The third kappa shape index (κ3) is 3.00. The van der Waals surface area contributed by atoms with Gasteiger partial charge >= 0.3 is 0 Å². The first-order chi connectivity index (χ1) is 12.8. The largest absolute Gasteiger partial charge is 0.331 e. The van der Waals surface area contributed by atoms with Gasteiger partial charge in [0, 0.05) is 50.8 Å². The Labute approximate surface area is 153 Å². The van der Waals surface area contributed by atoms with Crippen LogP contribution in [-0.4, -0.2) is 37.3 Å². The molecule has 138 valence electrons. The number of nitrogens with zero attached hydrogens (tertiary/aromatic N) is 5. The molecule has 6 heteroatoms. The third-order valence-electron chi connectivity index (χ3n) is 6.18. The summed E-state index contributed by atoms with van der Waals surface area (Å²) in [5.74, 6) is 1.79. The van der Waals surface area contributed by atoms with Crippen LogP contribution in [0.3, 0.4) is 0 Å². The van der Waals surface area contributed by atoms with E-state index in [0.717, 1.165) is 57.7 Å². The number of rotatable bonds is 4. The van der Waals surface area contributed by atoms with Gasteiger partial charge in [-0.3, -0.25) is 9.69 Å². The van der Waals surface area contributed by atoms with Crippen LogP contribution in [0.4, 0.5) is 0 Å². The molecule has 6 nitrogen and oxygen atoms in total. The van der Waals surface area contributed by atoms with Crippen molar-refractivity contribution in [2.45, 2.75) is 64.6 Å². The molecule has 0 spiro atoms. The van der Waals surface area contributed by atoms with Crippen LogP contribution >= 0.6 is 0 Å². The lowest BCUT2D eigenvalue weighted by Gasteiger charge is -2.39. The molecule has 2 aromatic rings. The van der Waals surface area contributed by atoms with E-state index in [4.69, 9.17) is 0 Å². The van der Waals surface area contributed by atoms with Gasteiger partial charge in [-0.25, -0.2) is 9.67 Å². The lowest BCUT2D eigenvalue weighted by atomic mass is 9.96. The Kier molecular flexibility index (Phi) is 4.15. The number of fused-ring (bicyclic) bond motifs is 2. The predicted octanol–water partition coefficient (Wildman–Crippen LogP) is 1.79. The van der Waals surface area contributed by atoms with Gasteiger partial charge in [0.15, 0.2) is 0 Å². The summed E-state index contributed by atoms with van der Waals surface area (Å²) in [6.07, 6.45) is 10.2. The van der Waals surface area contributed by atoms with E-state index in [9.17, 15) is 4.79 Å². The van der Waals surface area contributed by atoms with E-state index in [0.29, 0.717) is 5.92 Å². The molecule has 2 aromatic heterocycles. The van der Waals surface area contributed by atoms with Crippen molar-refractivity contribution in [3.05, 3.63) is 45.4 Å². The van der Waals surface area contributed by atoms with Gasteiger partial charge in [0.05, 0.1) is 17.9 Å². The van der Waals surface area contributed by atoms with Crippen LogP contribution in [0.5, 0.6) is 0 Å². The summed E-state index contributed by atoms with van der Waals surface area (Å²) in [7, 11) is 0. The number of likely N-dealkylation sites (tertiary alicyclic amines) is 1. The molecule has 1 aliphatic carbocycles. The van der Waals surface area contributed by atoms with Crippen LogP contribution in [0, 0.1) is 5.92 Å². The average molecular weight is 353 g/mol. The Morgan fingerprint density at radius 1 is 1.08 bits per heavy atom. The topological polar surface area (TPSA) is 56.0 Å². The zero-order valence-electron chi connectivity index (χ0n) is 15.4. The normalized spacial score (nSPS) is 20.5. The monoisotopic (exact) mass is 353 g/mol. The van der Waals surface area contributed by atoms with E-state index < -0.39 is 0 Å². The van der Waals surface area contributed by atoms with E-state index in [2.05, 4.69) is 25.7 Å². The Bertz CT molecular complexity index is 862. The Hall–Kier alpha value is -1.95. The molecular weight excluding hydrogens is 326 g/mol. The summed E-state index contributed by atoms with van der Waals surface area (Å²) in [5, 5.41) is 4.66. The number of imidazole rings is 1. The first-order valence-electron chi connectivity index (χ1n) is 10.1. The van der Waals surface area contributed by atoms with Crippen molar-refractivity contribution >= 4 is 0 Å². The molecule has 0 atom stereocenters. The Morgan fingerprint density at radius 2 is 1.92 bits per heavy atom. The van der Waals surface area contributed by atoms with Crippen molar-refractivity contribution in [3.63, 3.8) is 0 Å². The zero-order valence-corrected chi connectivity index (χ0v) is 15.4. The van der Waals surface area contributed by atoms with Gasteiger partial charge in [-0.1, -0.05) is 0 Å².